The van der Waals surface area contributed by atoms with Crippen LogP contribution in [0, 0.1) is 0 Å². The zero-order valence-electron chi connectivity index (χ0n) is 12.4. The minimum absolute atomic E-state index is 0.00761. The number of piperidine rings is 1. The Morgan fingerprint density at radius 2 is 2.00 bits per heavy atom. The Morgan fingerprint density at radius 3 is 2.62 bits per heavy atom. The first-order chi connectivity index (χ1) is 10.1. The molecule has 0 radical (unpaired) electrons. The van der Waals surface area contributed by atoms with Gasteiger partial charge in [-0.05, 0) is 37.3 Å². The molecular formula is C15H21N3O2S. The highest BCUT2D eigenvalue weighted by Crippen LogP contribution is 2.20. The molecule has 0 aromatic heterocycles. The van der Waals surface area contributed by atoms with Gasteiger partial charge in [-0.2, -0.15) is 0 Å². The van der Waals surface area contributed by atoms with E-state index in [-0.39, 0.29) is 18.0 Å². The molecule has 0 spiro atoms. The molecule has 1 aromatic rings. The van der Waals surface area contributed by atoms with Crippen molar-refractivity contribution in [3.63, 3.8) is 0 Å². The van der Waals surface area contributed by atoms with E-state index in [1.807, 2.05) is 30.5 Å². The van der Waals surface area contributed by atoms with E-state index in [4.69, 9.17) is 0 Å². The van der Waals surface area contributed by atoms with E-state index in [1.165, 1.54) is 6.92 Å². The Balaban J connectivity index is 1.85. The largest absolute Gasteiger partial charge is 0.353 e. The van der Waals surface area contributed by atoms with Crippen molar-refractivity contribution in [3.8, 4) is 0 Å². The summed E-state index contributed by atoms with van der Waals surface area (Å²) >= 11 is 1.65. The maximum Gasteiger partial charge on any atom is 0.321 e. The predicted molar refractivity (Wildman–Crippen MR) is 85.7 cm³/mol. The molecule has 0 aliphatic carbocycles. The van der Waals surface area contributed by atoms with E-state index in [9.17, 15) is 9.59 Å². The quantitative estimate of drug-likeness (QED) is 0.844. The molecule has 1 aliphatic heterocycles. The molecule has 0 unspecified atom stereocenters. The van der Waals surface area contributed by atoms with Crippen LogP contribution in [0.1, 0.15) is 19.8 Å². The summed E-state index contributed by atoms with van der Waals surface area (Å²) in [7, 11) is 0. The molecule has 1 saturated heterocycles. The predicted octanol–water partition coefficient (Wildman–Crippen LogP) is 2.54. The lowest BCUT2D eigenvalue weighted by molar-refractivity contribution is -0.119. The molecule has 0 bridgehead atoms. The van der Waals surface area contributed by atoms with Crippen molar-refractivity contribution in [1.82, 2.24) is 10.2 Å². The molecule has 2 rings (SSSR count). The monoisotopic (exact) mass is 307 g/mol. The Labute approximate surface area is 129 Å². The minimum Gasteiger partial charge on any atom is -0.353 e. The van der Waals surface area contributed by atoms with Crippen molar-refractivity contribution in [1.29, 1.82) is 0 Å². The number of anilines is 1. The zero-order chi connectivity index (χ0) is 15.2. The third-order valence-corrected chi connectivity index (χ3v) is 4.24. The van der Waals surface area contributed by atoms with Crippen LogP contribution in [0.3, 0.4) is 0 Å². The number of hydrogen-bond donors (Lipinski definition) is 2. The minimum atomic E-state index is -0.0745. The maximum absolute atomic E-state index is 12.2. The van der Waals surface area contributed by atoms with Crippen molar-refractivity contribution >= 4 is 29.4 Å². The first-order valence-corrected chi connectivity index (χ1v) is 8.28. The fraction of sp³-hybridized carbons (Fsp3) is 0.467. The van der Waals surface area contributed by atoms with Crippen molar-refractivity contribution < 1.29 is 9.59 Å². The summed E-state index contributed by atoms with van der Waals surface area (Å²) in [5.74, 6) is -0.00761. The highest BCUT2D eigenvalue weighted by Gasteiger charge is 2.23. The lowest BCUT2D eigenvalue weighted by atomic mass is 10.1. The molecule has 5 nitrogen and oxygen atoms in total. The SMILES string of the molecule is CSc1cccc(NC(=O)N2CCC(NC(C)=O)CC2)c1. The fourth-order valence-electron chi connectivity index (χ4n) is 2.42. The summed E-state index contributed by atoms with van der Waals surface area (Å²) in [6, 6.07) is 7.92. The molecule has 1 aliphatic rings. The number of benzene rings is 1. The normalized spacial score (nSPS) is 15.6. The third kappa shape index (κ3) is 4.67. The van der Waals surface area contributed by atoms with Crippen LogP contribution in [-0.4, -0.2) is 42.2 Å². The van der Waals surface area contributed by atoms with Crippen molar-refractivity contribution in [2.24, 2.45) is 0 Å². The Morgan fingerprint density at radius 1 is 1.29 bits per heavy atom. The molecule has 21 heavy (non-hydrogen) atoms. The van der Waals surface area contributed by atoms with Crippen LogP contribution in [0.4, 0.5) is 10.5 Å². The summed E-state index contributed by atoms with van der Waals surface area (Å²) in [5.41, 5.74) is 0.816. The molecule has 2 N–H and O–H groups in total. The van der Waals surface area contributed by atoms with E-state index in [0.29, 0.717) is 13.1 Å². The number of likely N-dealkylation sites (tertiary alicyclic amines) is 1. The molecule has 1 fully saturated rings. The summed E-state index contributed by atoms with van der Waals surface area (Å²) in [5, 5.41) is 5.83. The van der Waals surface area contributed by atoms with Gasteiger partial charge >= 0.3 is 6.03 Å². The molecule has 3 amide bonds. The highest BCUT2D eigenvalue weighted by atomic mass is 32.2. The average Bonchev–Trinajstić information content (AvgIpc) is 2.47. The molecule has 1 aromatic carbocycles. The molecule has 0 saturated carbocycles. The molecule has 1 heterocycles. The smallest absolute Gasteiger partial charge is 0.321 e. The summed E-state index contributed by atoms with van der Waals surface area (Å²) in [4.78, 5) is 26.2. The number of urea groups is 1. The van der Waals surface area contributed by atoms with E-state index < -0.39 is 0 Å². The second-order valence-corrected chi connectivity index (χ2v) is 6.00. The molecular weight excluding hydrogens is 286 g/mol. The number of nitrogens with zero attached hydrogens (tertiary/aromatic N) is 1. The lowest BCUT2D eigenvalue weighted by Crippen LogP contribution is -2.47. The van der Waals surface area contributed by atoms with Gasteiger partial charge in [0.15, 0.2) is 0 Å². The summed E-state index contributed by atoms with van der Waals surface area (Å²) in [6.07, 6.45) is 3.61. The van der Waals surface area contributed by atoms with Crippen LogP contribution < -0.4 is 10.6 Å². The Hall–Kier alpha value is -1.69. The summed E-state index contributed by atoms with van der Waals surface area (Å²) in [6.45, 7) is 2.86. The van der Waals surface area contributed by atoms with Gasteiger partial charge in [0.25, 0.3) is 0 Å². The lowest BCUT2D eigenvalue weighted by Gasteiger charge is -2.32. The second kappa shape index (κ2) is 7.36. The van der Waals surface area contributed by atoms with Crippen molar-refractivity contribution in [2.75, 3.05) is 24.7 Å². The average molecular weight is 307 g/mol. The first-order valence-electron chi connectivity index (χ1n) is 7.05. The molecule has 0 atom stereocenters. The van der Waals surface area contributed by atoms with E-state index >= 15 is 0 Å². The number of nitrogens with one attached hydrogen (secondary N) is 2. The van der Waals surface area contributed by atoms with Gasteiger partial charge in [-0.15, -0.1) is 11.8 Å². The van der Waals surface area contributed by atoms with E-state index in [2.05, 4.69) is 10.6 Å². The fourth-order valence-corrected chi connectivity index (χ4v) is 2.88. The van der Waals surface area contributed by atoms with Crippen LogP contribution in [-0.2, 0) is 4.79 Å². The Bertz CT molecular complexity index is 513. The van der Waals surface area contributed by atoms with E-state index in [0.717, 1.165) is 23.4 Å². The van der Waals surface area contributed by atoms with Gasteiger partial charge in [0.1, 0.15) is 0 Å². The van der Waals surface area contributed by atoms with Crippen LogP contribution >= 0.6 is 11.8 Å². The van der Waals surface area contributed by atoms with Crippen molar-refractivity contribution in [2.45, 2.75) is 30.7 Å². The second-order valence-electron chi connectivity index (χ2n) is 5.12. The topological polar surface area (TPSA) is 61.4 Å². The number of rotatable bonds is 3. The Kier molecular flexibility index (Phi) is 5.50. The van der Waals surface area contributed by atoms with Crippen molar-refractivity contribution in [3.05, 3.63) is 24.3 Å². The van der Waals surface area contributed by atoms with Gasteiger partial charge in [0, 0.05) is 36.6 Å². The third-order valence-electron chi connectivity index (χ3n) is 3.51. The van der Waals surface area contributed by atoms with Crippen LogP contribution in [0.15, 0.2) is 29.2 Å². The molecule has 6 heteroatoms. The highest BCUT2D eigenvalue weighted by molar-refractivity contribution is 7.98. The summed E-state index contributed by atoms with van der Waals surface area (Å²) < 4.78 is 0. The van der Waals surface area contributed by atoms with Crippen LogP contribution in [0.5, 0.6) is 0 Å². The van der Waals surface area contributed by atoms with Crippen LogP contribution in [0.2, 0.25) is 0 Å². The van der Waals surface area contributed by atoms with Gasteiger partial charge in [0.05, 0.1) is 0 Å². The maximum atomic E-state index is 12.2. The van der Waals surface area contributed by atoms with Gasteiger partial charge < -0.3 is 15.5 Å². The van der Waals surface area contributed by atoms with Gasteiger partial charge in [-0.25, -0.2) is 4.79 Å². The number of hydrogen-bond acceptors (Lipinski definition) is 3. The first kappa shape index (κ1) is 15.7. The van der Waals surface area contributed by atoms with Gasteiger partial charge in [0.2, 0.25) is 5.91 Å². The molecule has 114 valence electrons. The number of carbonyl (C=O) groups excluding carboxylic acids is 2. The van der Waals surface area contributed by atoms with Gasteiger partial charge in [-0.3, -0.25) is 4.79 Å². The number of carbonyl (C=O) groups is 2. The van der Waals surface area contributed by atoms with Crippen LogP contribution in [0.25, 0.3) is 0 Å². The zero-order valence-corrected chi connectivity index (χ0v) is 13.2. The number of thioether (sulfide) groups is 1. The standard InChI is InChI=1S/C15H21N3O2S/c1-11(19)16-12-6-8-18(9-7-12)15(20)17-13-4-3-5-14(10-13)21-2/h3-5,10,12H,6-9H2,1-2H3,(H,16,19)(H,17,20). The van der Waals surface area contributed by atoms with Gasteiger partial charge in [-0.1, -0.05) is 6.07 Å². The van der Waals surface area contributed by atoms with E-state index in [1.54, 1.807) is 16.7 Å². The number of amides is 3.